The summed E-state index contributed by atoms with van der Waals surface area (Å²) in [6.07, 6.45) is 0.788. The minimum Gasteiger partial charge on any atom is -0.497 e. The van der Waals surface area contributed by atoms with E-state index >= 15 is 0 Å². The molecular formula is C24H23NO4. The van der Waals surface area contributed by atoms with Crippen LogP contribution in [0.2, 0.25) is 0 Å². The third kappa shape index (κ3) is 4.63. The summed E-state index contributed by atoms with van der Waals surface area (Å²) < 4.78 is 11.2. The van der Waals surface area contributed by atoms with Crippen LogP contribution in [0.3, 0.4) is 0 Å². The van der Waals surface area contributed by atoms with Gasteiger partial charge in [-0.05, 0) is 41.5 Å². The van der Waals surface area contributed by atoms with Gasteiger partial charge in [-0.15, -0.1) is 0 Å². The molecule has 0 saturated carbocycles. The molecular weight excluding hydrogens is 366 g/mol. The van der Waals surface area contributed by atoms with Crippen LogP contribution in [-0.4, -0.2) is 38.3 Å². The Kier molecular flexibility index (Phi) is 6.29. The summed E-state index contributed by atoms with van der Waals surface area (Å²) in [6.45, 7) is 0.318. The molecule has 0 N–H and O–H groups in total. The van der Waals surface area contributed by atoms with Crippen molar-refractivity contribution in [2.45, 2.75) is 6.61 Å². The van der Waals surface area contributed by atoms with E-state index in [9.17, 15) is 9.59 Å². The van der Waals surface area contributed by atoms with Crippen molar-refractivity contribution in [1.29, 1.82) is 0 Å². The molecule has 3 rings (SSSR count). The van der Waals surface area contributed by atoms with Crippen molar-refractivity contribution in [3.05, 3.63) is 83.4 Å². The number of rotatable bonds is 7. The number of benzene rings is 3. The van der Waals surface area contributed by atoms with Crippen LogP contribution in [0.4, 0.5) is 0 Å². The number of amides is 1. The second-order valence-corrected chi connectivity index (χ2v) is 6.76. The van der Waals surface area contributed by atoms with Crippen LogP contribution in [0.15, 0.2) is 66.7 Å². The van der Waals surface area contributed by atoms with Crippen molar-refractivity contribution in [3.8, 4) is 22.6 Å². The number of hydrogen-bond acceptors (Lipinski definition) is 4. The quantitative estimate of drug-likeness (QED) is 0.560. The normalized spacial score (nSPS) is 10.3. The smallest absolute Gasteiger partial charge is 0.253 e. The molecule has 148 valence electrons. The number of ether oxygens (including phenoxy) is 2. The number of para-hydroxylation sites is 1. The average Bonchev–Trinajstić information content (AvgIpc) is 2.77. The Hall–Kier alpha value is -3.60. The highest BCUT2D eigenvalue weighted by Gasteiger charge is 2.13. The second kappa shape index (κ2) is 9.06. The lowest BCUT2D eigenvalue weighted by Crippen LogP contribution is -2.21. The molecule has 0 aromatic heterocycles. The Labute approximate surface area is 170 Å². The third-order valence-electron chi connectivity index (χ3n) is 4.56. The zero-order valence-electron chi connectivity index (χ0n) is 16.7. The van der Waals surface area contributed by atoms with Gasteiger partial charge in [0.05, 0.1) is 12.7 Å². The third-order valence-corrected chi connectivity index (χ3v) is 4.56. The van der Waals surface area contributed by atoms with Crippen LogP contribution >= 0.6 is 0 Å². The monoisotopic (exact) mass is 389 g/mol. The van der Waals surface area contributed by atoms with Crippen molar-refractivity contribution in [3.63, 3.8) is 0 Å². The van der Waals surface area contributed by atoms with Crippen molar-refractivity contribution >= 4 is 12.2 Å². The van der Waals surface area contributed by atoms with E-state index in [-0.39, 0.29) is 5.91 Å². The highest BCUT2D eigenvalue weighted by Crippen LogP contribution is 2.33. The van der Waals surface area contributed by atoms with E-state index in [1.807, 2.05) is 48.5 Å². The van der Waals surface area contributed by atoms with Gasteiger partial charge in [0, 0.05) is 25.2 Å². The number of aldehydes is 1. The molecule has 0 fully saturated rings. The van der Waals surface area contributed by atoms with Crippen LogP contribution in [0, 0.1) is 0 Å². The highest BCUT2D eigenvalue weighted by molar-refractivity contribution is 5.94. The molecule has 0 aliphatic heterocycles. The van der Waals surface area contributed by atoms with Gasteiger partial charge in [-0.25, -0.2) is 0 Å². The molecule has 0 atom stereocenters. The van der Waals surface area contributed by atoms with Gasteiger partial charge in [0.2, 0.25) is 0 Å². The van der Waals surface area contributed by atoms with E-state index < -0.39 is 0 Å². The highest BCUT2D eigenvalue weighted by atomic mass is 16.5. The Morgan fingerprint density at radius 3 is 2.24 bits per heavy atom. The number of nitrogens with zero attached hydrogens (tertiary/aromatic N) is 1. The van der Waals surface area contributed by atoms with Crippen LogP contribution in [-0.2, 0) is 6.61 Å². The zero-order chi connectivity index (χ0) is 20.8. The molecule has 3 aromatic carbocycles. The zero-order valence-corrected chi connectivity index (χ0v) is 16.7. The summed E-state index contributed by atoms with van der Waals surface area (Å²) in [7, 11) is 5.05. The number of methoxy groups -OCH3 is 1. The molecule has 5 heteroatoms. The van der Waals surface area contributed by atoms with Crippen LogP contribution in [0.5, 0.6) is 11.5 Å². The maximum absolute atomic E-state index is 12.1. The first kappa shape index (κ1) is 20.1. The maximum Gasteiger partial charge on any atom is 0.253 e. The molecule has 0 saturated heterocycles. The van der Waals surface area contributed by atoms with Crippen LogP contribution in [0.25, 0.3) is 11.1 Å². The minimum atomic E-state index is -0.0610. The summed E-state index contributed by atoms with van der Waals surface area (Å²) in [6, 6.07) is 20.3. The second-order valence-electron chi connectivity index (χ2n) is 6.76. The molecule has 5 nitrogen and oxygen atoms in total. The van der Waals surface area contributed by atoms with E-state index in [1.165, 1.54) is 4.90 Å². The summed E-state index contributed by atoms with van der Waals surface area (Å²) in [5.41, 5.74) is 3.71. The van der Waals surface area contributed by atoms with Crippen molar-refractivity contribution in [1.82, 2.24) is 4.90 Å². The van der Waals surface area contributed by atoms with Gasteiger partial charge in [-0.1, -0.05) is 36.4 Å². The lowest BCUT2D eigenvalue weighted by molar-refractivity contribution is 0.0827. The van der Waals surface area contributed by atoms with Crippen LogP contribution < -0.4 is 9.47 Å². The Morgan fingerprint density at radius 2 is 1.66 bits per heavy atom. The SMILES string of the molecule is COc1ccc(COc2c(C=O)cccc2-c2ccc(C(=O)N(C)C)cc2)cc1. The molecule has 0 heterocycles. The van der Waals surface area contributed by atoms with Crippen LogP contribution in [0.1, 0.15) is 26.3 Å². The first-order valence-electron chi connectivity index (χ1n) is 9.19. The molecule has 1 amide bonds. The molecule has 0 bridgehead atoms. The number of carbonyl (C=O) groups is 2. The van der Waals surface area contributed by atoms with E-state index in [0.29, 0.717) is 23.5 Å². The fourth-order valence-corrected chi connectivity index (χ4v) is 2.96. The van der Waals surface area contributed by atoms with E-state index in [1.54, 1.807) is 39.4 Å². The molecule has 3 aromatic rings. The van der Waals surface area contributed by atoms with Gasteiger partial charge in [-0.3, -0.25) is 9.59 Å². The number of hydrogen-bond donors (Lipinski definition) is 0. The minimum absolute atomic E-state index is 0.0610. The van der Waals surface area contributed by atoms with E-state index in [2.05, 4.69) is 0 Å². The van der Waals surface area contributed by atoms with Crippen molar-refractivity contribution < 1.29 is 19.1 Å². The lowest BCUT2D eigenvalue weighted by atomic mass is 10.00. The molecule has 0 aliphatic carbocycles. The standard InChI is InChI=1S/C24H23NO4/c1-25(2)24(27)19-11-9-18(10-12-19)22-6-4-5-20(15-26)23(22)29-16-17-7-13-21(28-3)14-8-17/h4-15H,16H2,1-3H3. The lowest BCUT2D eigenvalue weighted by Gasteiger charge is -2.15. The predicted octanol–water partition coefficient (Wildman–Crippen LogP) is 4.46. The molecule has 29 heavy (non-hydrogen) atoms. The first-order valence-corrected chi connectivity index (χ1v) is 9.19. The Bertz CT molecular complexity index is 992. The summed E-state index contributed by atoms with van der Waals surface area (Å²) >= 11 is 0. The Balaban J connectivity index is 1.89. The fraction of sp³-hybridized carbons (Fsp3) is 0.167. The van der Waals surface area contributed by atoms with Gasteiger partial charge in [0.15, 0.2) is 6.29 Å². The van der Waals surface area contributed by atoms with Gasteiger partial charge in [0.1, 0.15) is 18.1 Å². The van der Waals surface area contributed by atoms with Gasteiger partial charge >= 0.3 is 0 Å². The van der Waals surface area contributed by atoms with Gasteiger partial charge in [0.25, 0.3) is 5.91 Å². The summed E-state index contributed by atoms with van der Waals surface area (Å²) in [5, 5.41) is 0. The summed E-state index contributed by atoms with van der Waals surface area (Å²) in [4.78, 5) is 25.2. The Morgan fingerprint density at radius 1 is 0.966 bits per heavy atom. The van der Waals surface area contributed by atoms with Crippen molar-refractivity contribution in [2.75, 3.05) is 21.2 Å². The van der Waals surface area contributed by atoms with Gasteiger partial charge < -0.3 is 14.4 Å². The van der Waals surface area contributed by atoms with E-state index in [0.717, 1.165) is 28.7 Å². The molecule has 0 spiro atoms. The maximum atomic E-state index is 12.1. The predicted molar refractivity (Wildman–Crippen MR) is 113 cm³/mol. The topological polar surface area (TPSA) is 55.8 Å². The van der Waals surface area contributed by atoms with Crippen molar-refractivity contribution in [2.24, 2.45) is 0 Å². The molecule has 0 aliphatic rings. The first-order chi connectivity index (χ1) is 14.0. The number of carbonyl (C=O) groups excluding carboxylic acids is 2. The fourth-order valence-electron chi connectivity index (χ4n) is 2.96. The molecule has 0 unspecified atom stereocenters. The van der Waals surface area contributed by atoms with Gasteiger partial charge in [-0.2, -0.15) is 0 Å². The van der Waals surface area contributed by atoms with E-state index in [4.69, 9.17) is 9.47 Å². The molecule has 0 radical (unpaired) electrons. The largest absolute Gasteiger partial charge is 0.497 e. The summed E-state index contributed by atoms with van der Waals surface area (Å²) in [5.74, 6) is 1.23. The average molecular weight is 389 g/mol.